The van der Waals surface area contributed by atoms with Gasteiger partial charge in [-0.3, -0.25) is 4.55 Å². The second-order valence-electron chi connectivity index (χ2n) is 5.85. The van der Waals surface area contributed by atoms with E-state index in [1.54, 1.807) is 0 Å². The van der Waals surface area contributed by atoms with Gasteiger partial charge in [0.05, 0.1) is 6.61 Å². The van der Waals surface area contributed by atoms with Crippen molar-refractivity contribution in [2.75, 3.05) is 6.61 Å². The van der Waals surface area contributed by atoms with E-state index in [4.69, 9.17) is 4.55 Å². The van der Waals surface area contributed by atoms with Crippen LogP contribution in [0.15, 0.2) is 0 Å². The summed E-state index contributed by atoms with van der Waals surface area (Å²) >= 11 is 0. The fraction of sp³-hybridized carbons (Fsp3) is 1.00. The molecule has 0 saturated heterocycles. The Morgan fingerprint density at radius 1 is 0.652 bits per heavy atom. The zero-order valence-electron chi connectivity index (χ0n) is 13.7. The third kappa shape index (κ3) is 28.9. The van der Waals surface area contributed by atoms with Gasteiger partial charge in [0.1, 0.15) is 0 Å². The summed E-state index contributed by atoms with van der Waals surface area (Å²) in [5.74, 6) is 0. The van der Waals surface area contributed by atoms with Gasteiger partial charge < -0.3 is 0 Å². The Balaban J connectivity index is -0.00000200. The molecule has 0 unspecified atom stereocenters. The van der Waals surface area contributed by atoms with Crippen LogP contribution < -0.4 is 0 Å². The number of hydrogen-bond donors (Lipinski definition) is 1. The van der Waals surface area contributed by atoms with E-state index in [1.165, 1.54) is 70.6 Å². The van der Waals surface area contributed by atoms with Crippen LogP contribution in [0.5, 0.6) is 0 Å². The number of rotatable bonds is 16. The zero-order chi connectivity index (χ0) is 15.8. The fourth-order valence-corrected chi connectivity index (χ4v) is 2.79. The monoisotopic (exact) mass is 370 g/mol. The van der Waals surface area contributed by atoms with Crippen LogP contribution in [0.4, 0.5) is 0 Å². The molecule has 0 aliphatic rings. The SMILES string of the molecule is CCCCCCCCCCCCCCCCOS(=O)(=O)O.[NaH].[NaH]. The van der Waals surface area contributed by atoms with Crippen molar-refractivity contribution < 1.29 is 17.2 Å². The molecule has 0 heterocycles. The molecule has 0 aliphatic carbocycles. The summed E-state index contributed by atoms with van der Waals surface area (Å²) in [6.45, 7) is 2.35. The molecule has 0 aromatic carbocycles. The normalized spacial score (nSPS) is 10.9. The summed E-state index contributed by atoms with van der Waals surface area (Å²) < 4.78 is 33.2. The van der Waals surface area contributed by atoms with Crippen molar-refractivity contribution in [2.24, 2.45) is 0 Å². The molecule has 23 heavy (non-hydrogen) atoms. The summed E-state index contributed by atoms with van der Waals surface area (Å²) in [5.41, 5.74) is 0. The maximum absolute atomic E-state index is 10.3. The molecule has 132 valence electrons. The van der Waals surface area contributed by atoms with E-state index in [2.05, 4.69) is 11.1 Å². The van der Waals surface area contributed by atoms with Gasteiger partial charge in [-0.2, -0.15) is 8.42 Å². The molecule has 0 rings (SSSR count). The van der Waals surface area contributed by atoms with E-state index in [0.717, 1.165) is 12.8 Å². The van der Waals surface area contributed by atoms with Gasteiger partial charge in [-0.05, 0) is 6.42 Å². The standard InChI is InChI=1S/C16H34O4S.2Na.2H/c1-2-3-4-5-6-7-8-9-10-11-12-13-14-15-16-20-21(17,18)19;;;;/h2-16H2,1H3,(H,17,18,19);;;;. The van der Waals surface area contributed by atoms with E-state index >= 15 is 0 Å². The molecule has 1 N–H and O–H groups in total. The summed E-state index contributed by atoms with van der Waals surface area (Å²) in [7, 11) is -4.24. The van der Waals surface area contributed by atoms with Gasteiger partial charge in [-0.25, -0.2) is 4.18 Å². The van der Waals surface area contributed by atoms with Crippen LogP contribution in [0, 0.1) is 0 Å². The Hall–Kier alpha value is 1.87. The van der Waals surface area contributed by atoms with Crippen molar-refractivity contribution in [1.29, 1.82) is 0 Å². The summed E-state index contributed by atoms with van der Waals surface area (Å²) in [6, 6.07) is 0. The topological polar surface area (TPSA) is 63.6 Å². The van der Waals surface area contributed by atoms with Crippen LogP contribution in [0.3, 0.4) is 0 Å². The van der Waals surface area contributed by atoms with Crippen LogP contribution in [-0.2, 0) is 14.6 Å². The van der Waals surface area contributed by atoms with Crippen molar-refractivity contribution in [3.05, 3.63) is 0 Å². The van der Waals surface area contributed by atoms with Crippen LogP contribution in [-0.4, -0.2) is 78.7 Å². The molecule has 0 aromatic heterocycles. The predicted octanol–water partition coefficient (Wildman–Crippen LogP) is 3.99. The molecule has 0 atom stereocenters. The first-order valence-corrected chi connectivity index (χ1v) is 10.0. The van der Waals surface area contributed by atoms with Crippen LogP contribution in [0.1, 0.15) is 96.8 Å². The summed E-state index contributed by atoms with van der Waals surface area (Å²) in [5, 5.41) is 0. The molecule has 0 spiro atoms. The number of unbranched alkanes of at least 4 members (excludes halogenated alkanes) is 13. The van der Waals surface area contributed by atoms with E-state index < -0.39 is 10.4 Å². The fourth-order valence-electron chi connectivity index (χ4n) is 2.46. The third-order valence-corrected chi connectivity index (χ3v) is 4.19. The molecule has 0 bridgehead atoms. The summed E-state index contributed by atoms with van der Waals surface area (Å²) in [6.07, 6.45) is 17.6. The first kappa shape index (κ1) is 29.6. The molecule has 0 amide bonds. The van der Waals surface area contributed by atoms with Crippen molar-refractivity contribution >= 4 is 69.5 Å². The Kier molecular flexibility index (Phi) is 28.2. The molecular weight excluding hydrogens is 334 g/mol. The van der Waals surface area contributed by atoms with Gasteiger partial charge in [0.2, 0.25) is 0 Å². The minimum atomic E-state index is -4.24. The Morgan fingerprint density at radius 3 is 1.26 bits per heavy atom. The van der Waals surface area contributed by atoms with E-state index in [1.807, 2.05) is 0 Å². The second-order valence-corrected chi connectivity index (χ2v) is 6.94. The average molecular weight is 371 g/mol. The zero-order valence-corrected chi connectivity index (χ0v) is 14.5. The first-order valence-electron chi connectivity index (χ1n) is 8.68. The Morgan fingerprint density at radius 2 is 0.957 bits per heavy atom. The van der Waals surface area contributed by atoms with Gasteiger partial charge in [0.25, 0.3) is 0 Å². The van der Waals surface area contributed by atoms with Gasteiger partial charge in [-0.1, -0.05) is 90.4 Å². The van der Waals surface area contributed by atoms with Crippen molar-refractivity contribution in [1.82, 2.24) is 0 Å². The first-order chi connectivity index (χ1) is 10.1. The van der Waals surface area contributed by atoms with Crippen molar-refractivity contribution in [3.63, 3.8) is 0 Å². The average Bonchev–Trinajstić information content (AvgIpc) is 2.42. The maximum atomic E-state index is 10.3. The second kappa shape index (κ2) is 21.9. The molecular formula is C16H36Na2O4S. The van der Waals surface area contributed by atoms with Crippen molar-refractivity contribution in [2.45, 2.75) is 96.8 Å². The molecule has 0 saturated carbocycles. The van der Waals surface area contributed by atoms with E-state index in [-0.39, 0.29) is 65.7 Å². The van der Waals surface area contributed by atoms with Crippen LogP contribution >= 0.6 is 0 Å². The quantitative estimate of drug-likeness (QED) is 0.253. The molecule has 0 fully saturated rings. The molecule has 4 nitrogen and oxygen atoms in total. The van der Waals surface area contributed by atoms with Crippen molar-refractivity contribution in [3.8, 4) is 0 Å². The predicted molar refractivity (Wildman–Crippen MR) is 102 cm³/mol. The van der Waals surface area contributed by atoms with E-state index in [0.29, 0.717) is 6.42 Å². The summed E-state index contributed by atoms with van der Waals surface area (Å²) in [4.78, 5) is 0. The number of hydrogen-bond acceptors (Lipinski definition) is 3. The Bertz CT molecular complexity index is 311. The van der Waals surface area contributed by atoms with Crippen LogP contribution in [0.2, 0.25) is 0 Å². The van der Waals surface area contributed by atoms with Gasteiger partial charge in [-0.15, -0.1) is 0 Å². The van der Waals surface area contributed by atoms with Gasteiger partial charge >= 0.3 is 69.5 Å². The minimum absolute atomic E-state index is 0. The van der Waals surface area contributed by atoms with Gasteiger partial charge in [0.15, 0.2) is 0 Å². The van der Waals surface area contributed by atoms with Gasteiger partial charge in [0, 0.05) is 0 Å². The third-order valence-electron chi connectivity index (χ3n) is 3.73. The molecule has 0 aliphatic heterocycles. The van der Waals surface area contributed by atoms with E-state index in [9.17, 15) is 8.42 Å². The molecule has 7 heteroatoms. The molecule has 0 aromatic rings. The molecule has 0 radical (unpaired) electrons. The van der Waals surface area contributed by atoms with Crippen LogP contribution in [0.25, 0.3) is 0 Å². The Labute approximate surface area is 188 Å².